The predicted molar refractivity (Wildman–Crippen MR) is 183 cm³/mol. The van der Waals surface area contributed by atoms with Crippen molar-refractivity contribution in [1.29, 1.82) is 0 Å². The van der Waals surface area contributed by atoms with Crippen LogP contribution in [0.4, 0.5) is 16.2 Å². The van der Waals surface area contributed by atoms with Crippen molar-refractivity contribution in [3.8, 4) is 11.5 Å². The molecular weight excluding hydrogens is 624 g/mol. The number of Topliss-reactive ketones (excluding diaryl/α,β-unsaturated/α-hetero) is 2. The van der Waals surface area contributed by atoms with Crippen LogP contribution in [0.5, 0.6) is 11.5 Å². The van der Waals surface area contributed by atoms with Crippen molar-refractivity contribution >= 4 is 40.9 Å². The van der Waals surface area contributed by atoms with E-state index in [1.807, 2.05) is 12.1 Å². The molecule has 49 heavy (non-hydrogen) atoms. The molecule has 3 aliphatic rings. The Morgan fingerprint density at radius 1 is 0.735 bits per heavy atom. The highest BCUT2D eigenvalue weighted by Crippen LogP contribution is 2.56. The summed E-state index contributed by atoms with van der Waals surface area (Å²) in [6, 6.07) is 17.3. The third-order valence-electron chi connectivity index (χ3n) is 9.11. The van der Waals surface area contributed by atoms with Crippen LogP contribution in [0.25, 0.3) is 0 Å². The van der Waals surface area contributed by atoms with E-state index in [4.69, 9.17) is 14.2 Å². The van der Waals surface area contributed by atoms with Gasteiger partial charge in [-0.2, -0.15) is 0 Å². The van der Waals surface area contributed by atoms with Gasteiger partial charge >= 0.3 is 12.1 Å². The summed E-state index contributed by atoms with van der Waals surface area (Å²) in [7, 11) is 0. The van der Waals surface area contributed by atoms with Gasteiger partial charge in [0, 0.05) is 74.3 Å². The molecular formula is C39H38N2O8. The summed E-state index contributed by atoms with van der Waals surface area (Å²) in [5, 5.41) is 5.63. The number of carbonyl (C=O) groups is 5. The largest absolute Gasteiger partial charge is 0.456 e. The third kappa shape index (κ3) is 5.71. The van der Waals surface area contributed by atoms with Crippen LogP contribution in [-0.4, -0.2) is 35.1 Å². The minimum absolute atomic E-state index is 0.0690. The van der Waals surface area contributed by atoms with Crippen LogP contribution in [0.15, 0.2) is 83.0 Å². The molecule has 3 aromatic carbocycles. The van der Waals surface area contributed by atoms with Crippen LogP contribution in [-0.2, 0) is 29.5 Å². The van der Waals surface area contributed by atoms with Crippen LogP contribution in [0.2, 0.25) is 0 Å². The first-order chi connectivity index (χ1) is 22.9. The highest BCUT2D eigenvalue weighted by atomic mass is 16.6. The standard InChI is InChI=1S/C39H38N2O8/c1-20-21(2)34(44)32(22(3)33(20)43)38(7,8)19-31(42)40-23-13-15-27-29(17-23)47-30-18-24(41-36(46)49-37(4,5)6)14-16-28(30)39(27)26-12-10-9-11-25(26)35(45)48-39/h9-18H,19H2,1-8H3,(H,40,42)(H,41,46). The summed E-state index contributed by atoms with van der Waals surface area (Å²) in [5.41, 5.74) is 1.46. The molecule has 10 nitrogen and oxygen atoms in total. The number of benzene rings is 3. The average molecular weight is 663 g/mol. The molecule has 0 saturated heterocycles. The fourth-order valence-electron chi connectivity index (χ4n) is 6.86. The number of ketones is 2. The monoisotopic (exact) mass is 662 g/mol. The van der Waals surface area contributed by atoms with Crippen LogP contribution in [0.3, 0.4) is 0 Å². The van der Waals surface area contributed by atoms with E-state index in [9.17, 15) is 24.0 Å². The van der Waals surface area contributed by atoms with Crippen molar-refractivity contribution in [2.24, 2.45) is 5.41 Å². The second-order valence-electron chi connectivity index (χ2n) is 14.3. The third-order valence-corrected chi connectivity index (χ3v) is 9.11. The number of carbonyl (C=O) groups excluding carboxylic acids is 5. The molecule has 0 radical (unpaired) electrons. The number of anilines is 2. The van der Waals surface area contributed by atoms with E-state index < -0.39 is 28.7 Å². The molecule has 0 fully saturated rings. The second kappa shape index (κ2) is 11.6. The first-order valence-corrected chi connectivity index (χ1v) is 16.0. The predicted octanol–water partition coefficient (Wildman–Crippen LogP) is 7.76. The number of fused-ring (bicyclic) bond motifs is 6. The number of hydrogen-bond acceptors (Lipinski definition) is 8. The van der Waals surface area contributed by atoms with Crippen LogP contribution in [0.1, 0.15) is 88.9 Å². The molecule has 0 saturated carbocycles. The SMILES string of the molecule is CC1=C(C)C(=O)C(C(C)(C)CC(=O)Nc2ccc3c(c2)Oc2cc(NC(=O)OC(C)(C)C)ccc2C32OC(=O)c3ccccc32)=C(C)C1=O. The Bertz CT molecular complexity index is 2060. The van der Waals surface area contributed by atoms with E-state index >= 15 is 0 Å². The van der Waals surface area contributed by atoms with Crippen LogP contribution < -0.4 is 15.4 Å². The Kier molecular flexibility index (Phi) is 7.89. The molecule has 2 amide bonds. The lowest BCUT2D eigenvalue weighted by Crippen LogP contribution is -2.33. The van der Waals surface area contributed by atoms with Gasteiger partial charge in [-0.25, -0.2) is 9.59 Å². The lowest BCUT2D eigenvalue weighted by molar-refractivity contribution is -0.119. The zero-order valence-electron chi connectivity index (χ0n) is 28.7. The van der Waals surface area contributed by atoms with Gasteiger partial charge in [-0.1, -0.05) is 32.0 Å². The fourth-order valence-corrected chi connectivity index (χ4v) is 6.86. The van der Waals surface area contributed by atoms with E-state index in [0.29, 0.717) is 67.4 Å². The molecule has 3 aromatic rings. The molecule has 0 aromatic heterocycles. The maximum Gasteiger partial charge on any atom is 0.412 e. The van der Waals surface area contributed by atoms with E-state index in [2.05, 4.69) is 10.6 Å². The molecule has 2 N–H and O–H groups in total. The Morgan fingerprint density at radius 3 is 1.92 bits per heavy atom. The average Bonchev–Trinajstić information content (AvgIpc) is 3.30. The van der Waals surface area contributed by atoms with E-state index in [-0.39, 0.29) is 23.9 Å². The van der Waals surface area contributed by atoms with Crippen LogP contribution >= 0.6 is 0 Å². The zero-order chi connectivity index (χ0) is 35.6. The summed E-state index contributed by atoms with van der Waals surface area (Å²) in [6.07, 6.45) is -0.712. The van der Waals surface area contributed by atoms with Gasteiger partial charge in [0.15, 0.2) is 17.2 Å². The number of hydrogen-bond donors (Lipinski definition) is 2. The topological polar surface area (TPSA) is 137 Å². The zero-order valence-corrected chi connectivity index (χ0v) is 28.7. The normalized spacial score (nSPS) is 18.4. The lowest BCUT2D eigenvalue weighted by atomic mass is 9.71. The number of nitrogens with one attached hydrogen (secondary N) is 2. The summed E-state index contributed by atoms with van der Waals surface area (Å²) in [5.74, 6) is -0.638. The molecule has 1 unspecified atom stereocenters. The molecule has 1 atom stereocenters. The van der Waals surface area contributed by atoms with Gasteiger partial charge in [0.05, 0.1) is 5.56 Å². The second-order valence-corrected chi connectivity index (χ2v) is 14.3. The number of allylic oxidation sites excluding steroid dienone is 4. The first-order valence-electron chi connectivity index (χ1n) is 16.0. The summed E-state index contributed by atoms with van der Waals surface area (Å²) < 4.78 is 18.0. The Balaban J connectivity index is 1.34. The fraction of sp³-hybridized carbons (Fsp3) is 0.308. The highest BCUT2D eigenvalue weighted by molar-refractivity contribution is 6.25. The molecule has 10 heteroatoms. The minimum atomic E-state index is -1.35. The molecule has 6 rings (SSSR count). The van der Waals surface area contributed by atoms with E-state index in [1.165, 1.54) is 0 Å². The maximum absolute atomic E-state index is 13.5. The Morgan fingerprint density at radius 2 is 1.31 bits per heavy atom. The van der Waals surface area contributed by atoms with Gasteiger partial charge in [-0.3, -0.25) is 19.7 Å². The van der Waals surface area contributed by atoms with Gasteiger partial charge < -0.3 is 19.5 Å². The summed E-state index contributed by atoms with van der Waals surface area (Å²) in [4.78, 5) is 65.3. The van der Waals surface area contributed by atoms with Crippen molar-refractivity contribution in [3.63, 3.8) is 0 Å². The van der Waals surface area contributed by atoms with Gasteiger partial charge in [0.25, 0.3) is 0 Å². The number of amides is 2. The van der Waals surface area contributed by atoms with Gasteiger partial charge in [-0.15, -0.1) is 0 Å². The highest BCUT2D eigenvalue weighted by Gasteiger charge is 2.53. The number of rotatable bonds is 5. The minimum Gasteiger partial charge on any atom is -0.456 e. The van der Waals surface area contributed by atoms with Gasteiger partial charge in [0.2, 0.25) is 5.91 Å². The molecule has 0 bridgehead atoms. The molecule has 2 aliphatic heterocycles. The lowest BCUT2D eigenvalue weighted by Gasteiger charge is -2.37. The summed E-state index contributed by atoms with van der Waals surface area (Å²) in [6.45, 7) is 13.7. The smallest absolute Gasteiger partial charge is 0.412 e. The first kappa shape index (κ1) is 33.4. The molecule has 252 valence electrons. The van der Waals surface area contributed by atoms with Crippen molar-refractivity contribution in [2.45, 2.75) is 73.0 Å². The van der Waals surface area contributed by atoms with Crippen molar-refractivity contribution < 1.29 is 38.2 Å². The van der Waals surface area contributed by atoms with Gasteiger partial charge in [0.1, 0.15) is 17.1 Å². The van der Waals surface area contributed by atoms with Crippen LogP contribution in [0, 0.1) is 5.41 Å². The Hall–Kier alpha value is -5.51. The summed E-state index contributed by atoms with van der Waals surface area (Å²) >= 11 is 0. The van der Waals surface area contributed by atoms with Crippen molar-refractivity contribution in [1.82, 2.24) is 0 Å². The van der Waals surface area contributed by atoms with E-state index in [0.717, 1.165) is 0 Å². The van der Waals surface area contributed by atoms with E-state index in [1.54, 1.807) is 104 Å². The van der Waals surface area contributed by atoms with Gasteiger partial charge in [-0.05, 0) is 71.9 Å². The molecule has 1 aliphatic carbocycles. The quantitative estimate of drug-likeness (QED) is 0.209. The number of esters is 1. The molecule has 2 heterocycles. The maximum atomic E-state index is 13.5. The Labute approximate surface area is 284 Å². The van der Waals surface area contributed by atoms with Crippen molar-refractivity contribution in [3.05, 3.63) is 105 Å². The molecule has 1 spiro atoms. The number of ether oxygens (including phenoxy) is 3. The van der Waals surface area contributed by atoms with Crippen molar-refractivity contribution in [2.75, 3.05) is 10.6 Å².